The van der Waals surface area contributed by atoms with Gasteiger partial charge >= 0.3 is 6.18 Å². The van der Waals surface area contributed by atoms with E-state index < -0.39 is 29.3 Å². The van der Waals surface area contributed by atoms with Crippen LogP contribution in [0.15, 0.2) is 30.3 Å². The van der Waals surface area contributed by atoms with Crippen LogP contribution in [-0.2, 0) is 18.3 Å². The third-order valence-corrected chi connectivity index (χ3v) is 7.18. The van der Waals surface area contributed by atoms with Gasteiger partial charge in [0.2, 0.25) is 0 Å². The Morgan fingerprint density at radius 3 is 2.21 bits per heavy atom. The second kappa shape index (κ2) is 8.43. The Kier molecular flexibility index (Phi) is 6.07. The highest BCUT2D eigenvalue weighted by Crippen LogP contribution is 2.45. The van der Waals surface area contributed by atoms with Crippen LogP contribution < -0.4 is 0 Å². The minimum absolute atomic E-state index is 0.0505. The van der Waals surface area contributed by atoms with Crippen LogP contribution in [0.1, 0.15) is 60.1 Å². The molecule has 1 atom stereocenters. The number of fused-ring (bicyclic) bond motifs is 2. The molecule has 3 heterocycles. The van der Waals surface area contributed by atoms with Crippen molar-refractivity contribution in [2.24, 2.45) is 5.92 Å². The fraction of sp³-hybridized carbons (Fsp3) is 0.542. The predicted octanol–water partition coefficient (Wildman–Crippen LogP) is 4.41. The standard InChI is InChI=1S/C24H29F4N3O2/c1-15(2)20(32)16-4-6-17(7-5-16)22(33)30-10-8-23(9-11-30)21-18(25)14-19(24(26,27)28)31(21)13-12-29(23)3/h4-7,14-15,20,32H,8-13H2,1-3H3. The molecule has 0 radical (unpaired) electrons. The van der Waals surface area contributed by atoms with Crippen LogP contribution >= 0.6 is 0 Å². The average molecular weight is 468 g/mol. The van der Waals surface area contributed by atoms with E-state index in [4.69, 9.17) is 0 Å². The van der Waals surface area contributed by atoms with Crippen LogP contribution in [0.3, 0.4) is 0 Å². The molecule has 1 saturated heterocycles. The summed E-state index contributed by atoms with van der Waals surface area (Å²) in [7, 11) is 1.81. The van der Waals surface area contributed by atoms with E-state index in [9.17, 15) is 27.5 Å². The molecule has 2 aliphatic rings. The van der Waals surface area contributed by atoms with Crippen LogP contribution in [0.25, 0.3) is 0 Å². The topological polar surface area (TPSA) is 48.7 Å². The largest absolute Gasteiger partial charge is 0.431 e. The first kappa shape index (κ1) is 23.8. The highest BCUT2D eigenvalue weighted by molar-refractivity contribution is 5.94. The predicted molar refractivity (Wildman–Crippen MR) is 115 cm³/mol. The lowest BCUT2D eigenvalue weighted by molar-refractivity contribution is -0.144. The van der Waals surface area contributed by atoms with Crippen molar-refractivity contribution in [3.05, 3.63) is 58.7 Å². The van der Waals surface area contributed by atoms with Gasteiger partial charge in [-0.05, 0) is 43.5 Å². The normalized spacial score (nSPS) is 19.7. The minimum Gasteiger partial charge on any atom is -0.388 e. The Bertz CT molecular complexity index is 1020. The zero-order valence-electron chi connectivity index (χ0n) is 19.0. The number of halogens is 4. The summed E-state index contributed by atoms with van der Waals surface area (Å²) in [5.74, 6) is -0.969. The molecule has 1 N–H and O–H groups in total. The molecule has 5 nitrogen and oxygen atoms in total. The molecule has 0 aliphatic carbocycles. The fourth-order valence-electron chi connectivity index (χ4n) is 5.19. The van der Waals surface area contributed by atoms with Crippen molar-refractivity contribution in [2.75, 3.05) is 26.7 Å². The molecule has 1 spiro atoms. The third kappa shape index (κ3) is 4.05. The number of carbonyl (C=O) groups is 1. The van der Waals surface area contributed by atoms with Gasteiger partial charge in [-0.25, -0.2) is 4.39 Å². The Morgan fingerprint density at radius 1 is 1.06 bits per heavy atom. The van der Waals surface area contributed by atoms with Crippen molar-refractivity contribution >= 4 is 5.91 Å². The van der Waals surface area contributed by atoms with Gasteiger partial charge < -0.3 is 14.6 Å². The summed E-state index contributed by atoms with van der Waals surface area (Å²) in [6, 6.07) is 7.43. The zero-order chi connectivity index (χ0) is 24.1. The molecule has 180 valence electrons. The molecule has 9 heteroatoms. The highest BCUT2D eigenvalue weighted by atomic mass is 19.4. The Morgan fingerprint density at radius 2 is 1.67 bits per heavy atom. The molecule has 2 aromatic rings. The van der Waals surface area contributed by atoms with Crippen molar-refractivity contribution in [1.82, 2.24) is 14.4 Å². The van der Waals surface area contributed by atoms with Gasteiger partial charge in [0.05, 0.1) is 17.3 Å². The maximum Gasteiger partial charge on any atom is 0.431 e. The van der Waals surface area contributed by atoms with E-state index in [2.05, 4.69) is 0 Å². The molecule has 1 unspecified atom stereocenters. The Labute approximate surface area is 190 Å². The molecule has 4 rings (SSSR count). The summed E-state index contributed by atoms with van der Waals surface area (Å²) in [4.78, 5) is 16.6. The van der Waals surface area contributed by atoms with Gasteiger partial charge in [0, 0.05) is 37.8 Å². The van der Waals surface area contributed by atoms with E-state index in [1.54, 1.807) is 36.2 Å². The molecule has 1 amide bonds. The van der Waals surface area contributed by atoms with Crippen LogP contribution in [0.4, 0.5) is 17.6 Å². The average Bonchev–Trinajstić information content (AvgIpc) is 3.14. The van der Waals surface area contributed by atoms with Crippen LogP contribution in [-0.4, -0.2) is 52.1 Å². The van der Waals surface area contributed by atoms with Crippen molar-refractivity contribution in [2.45, 2.75) is 51.1 Å². The van der Waals surface area contributed by atoms with Crippen LogP contribution in [0, 0.1) is 11.7 Å². The maximum absolute atomic E-state index is 14.9. The smallest absolute Gasteiger partial charge is 0.388 e. The molecule has 0 bridgehead atoms. The number of nitrogens with zero attached hydrogens (tertiary/aromatic N) is 3. The summed E-state index contributed by atoms with van der Waals surface area (Å²) >= 11 is 0. The van der Waals surface area contributed by atoms with Gasteiger partial charge in [-0.15, -0.1) is 0 Å². The number of hydrogen-bond donors (Lipinski definition) is 1. The summed E-state index contributed by atoms with van der Waals surface area (Å²) in [5.41, 5.74) is -0.544. The second-order valence-corrected chi connectivity index (χ2v) is 9.43. The molecule has 1 aromatic carbocycles. The number of piperidine rings is 1. The number of amides is 1. The summed E-state index contributed by atoms with van der Waals surface area (Å²) in [6.07, 6.45) is -4.55. The van der Waals surface area contributed by atoms with E-state index >= 15 is 0 Å². The number of likely N-dealkylation sites (N-methyl/N-ethyl adjacent to an activating group) is 1. The second-order valence-electron chi connectivity index (χ2n) is 9.43. The number of aliphatic hydroxyl groups is 1. The van der Waals surface area contributed by atoms with E-state index in [1.165, 1.54) is 0 Å². The number of aliphatic hydroxyl groups excluding tert-OH is 1. The van der Waals surface area contributed by atoms with Crippen LogP contribution in [0.5, 0.6) is 0 Å². The maximum atomic E-state index is 14.9. The van der Waals surface area contributed by atoms with E-state index in [-0.39, 0.29) is 24.1 Å². The van der Waals surface area contributed by atoms with Crippen molar-refractivity contribution in [3.63, 3.8) is 0 Å². The molecular formula is C24H29F4N3O2. The first-order chi connectivity index (χ1) is 15.5. The lowest BCUT2D eigenvalue weighted by Crippen LogP contribution is -2.57. The number of benzene rings is 1. The van der Waals surface area contributed by atoms with Gasteiger partial charge in [-0.3, -0.25) is 9.69 Å². The van der Waals surface area contributed by atoms with Gasteiger partial charge in [0.25, 0.3) is 5.91 Å². The van der Waals surface area contributed by atoms with E-state index in [0.717, 1.165) is 10.1 Å². The first-order valence-corrected chi connectivity index (χ1v) is 11.2. The molecule has 33 heavy (non-hydrogen) atoms. The van der Waals surface area contributed by atoms with Crippen molar-refractivity contribution < 1.29 is 27.5 Å². The monoisotopic (exact) mass is 467 g/mol. The zero-order valence-corrected chi connectivity index (χ0v) is 19.0. The summed E-state index contributed by atoms with van der Waals surface area (Å²) < 4.78 is 56.3. The number of aromatic nitrogens is 1. The van der Waals surface area contributed by atoms with E-state index in [0.29, 0.717) is 44.1 Å². The quantitative estimate of drug-likeness (QED) is 0.681. The number of carbonyl (C=O) groups excluding carboxylic acids is 1. The van der Waals surface area contributed by atoms with Crippen molar-refractivity contribution in [1.29, 1.82) is 0 Å². The Balaban J connectivity index is 1.54. The first-order valence-electron chi connectivity index (χ1n) is 11.2. The van der Waals surface area contributed by atoms with Crippen molar-refractivity contribution in [3.8, 4) is 0 Å². The molecule has 2 aliphatic heterocycles. The van der Waals surface area contributed by atoms with Gasteiger partial charge in [-0.1, -0.05) is 26.0 Å². The minimum atomic E-state index is -4.62. The highest BCUT2D eigenvalue weighted by Gasteiger charge is 2.49. The molecular weight excluding hydrogens is 438 g/mol. The van der Waals surface area contributed by atoms with Crippen LogP contribution in [0.2, 0.25) is 0 Å². The van der Waals surface area contributed by atoms with Gasteiger partial charge in [0.1, 0.15) is 11.5 Å². The third-order valence-electron chi connectivity index (χ3n) is 7.18. The number of alkyl halides is 3. The molecule has 1 aromatic heterocycles. The SMILES string of the molecule is CC(C)C(O)c1ccc(C(=O)N2CCC3(CC2)c2c(F)cc(C(F)(F)F)n2CCN3C)cc1. The lowest BCUT2D eigenvalue weighted by atomic mass is 9.81. The Hall–Kier alpha value is -2.39. The lowest BCUT2D eigenvalue weighted by Gasteiger charge is -2.50. The fourth-order valence-corrected chi connectivity index (χ4v) is 5.19. The van der Waals surface area contributed by atoms with E-state index in [1.807, 2.05) is 18.7 Å². The summed E-state index contributed by atoms with van der Waals surface area (Å²) in [5, 5.41) is 10.2. The number of hydrogen-bond acceptors (Lipinski definition) is 3. The van der Waals surface area contributed by atoms with Gasteiger partial charge in [-0.2, -0.15) is 13.2 Å². The molecule has 1 fully saturated rings. The van der Waals surface area contributed by atoms with Gasteiger partial charge in [0.15, 0.2) is 0 Å². The number of rotatable bonds is 3. The molecule has 0 saturated carbocycles. The summed E-state index contributed by atoms with van der Waals surface area (Å²) in [6.45, 7) is 4.89. The number of likely N-dealkylation sites (tertiary alicyclic amines) is 1.